The summed E-state index contributed by atoms with van der Waals surface area (Å²) in [4.78, 5) is 55.5. The second-order valence-corrected chi connectivity index (χ2v) is 12.7. The molecular weight excluding hydrogens is 538 g/mol. The van der Waals surface area contributed by atoms with Crippen LogP contribution in [0.15, 0.2) is 37.4 Å². The molecule has 0 radical (unpaired) electrons. The van der Waals surface area contributed by atoms with Crippen LogP contribution in [0.4, 0.5) is 9.59 Å². The van der Waals surface area contributed by atoms with E-state index in [2.05, 4.69) is 18.5 Å². The Hall–Kier alpha value is -3.82. The van der Waals surface area contributed by atoms with Crippen molar-refractivity contribution in [1.82, 2.24) is 15.1 Å². The summed E-state index contributed by atoms with van der Waals surface area (Å²) >= 11 is 0. The van der Waals surface area contributed by atoms with E-state index in [9.17, 15) is 19.2 Å². The van der Waals surface area contributed by atoms with Crippen LogP contribution in [0.25, 0.3) is 6.08 Å². The van der Waals surface area contributed by atoms with E-state index < -0.39 is 47.7 Å². The van der Waals surface area contributed by atoms with Gasteiger partial charge in [0.15, 0.2) is 0 Å². The Balaban J connectivity index is 1.41. The zero-order valence-corrected chi connectivity index (χ0v) is 25.1. The Labute approximate surface area is 248 Å². The summed E-state index contributed by atoms with van der Waals surface area (Å²) in [5, 5.41) is 2.74. The number of alkyl carbamates (subject to hydrolysis) is 1. The molecule has 4 rings (SSSR count). The van der Waals surface area contributed by atoms with Crippen LogP contribution in [-0.2, 0) is 36.9 Å². The summed E-state index contributed by atoms with van der Waals surface area (Å²) in [6.07, 6.45) is 5.51. The number of rotatable bonds is 10. The average Bonchev–Trinajstić information content (AvgIpc) is 3.38. The lowest BCUT2D eigenvalue weighted by Crippen LogP contribution is -2.57. The van der Waals surface area contributed by atoms with Crippen molar-refractivity contribution in [2.75, 3.05) is 20.3 Å². The molecule has 1 saturated carbocycles. The van der Waals surface area contributed by atoms with Gasteiger partial charge in [-0.25, -0.2) is 14.4 Å². The molecule has 10 heteroatoms. The molecule has 2 aliphatic heterocycles. The molecule has 1 aromatic rings. The van der Waals surface area contributed by atoms with Crippen molar-refractivity contribution in [1.29, 1.82) is 0 Å². The first-order valence-corrected chi connectivity index (χ1v) is 14.5. The van der Waals surface area contributed by atoms with Gasteiger partial charge in [0.1, 0.15) is 18.2 Å². The lowest BCUT2D eigenvalue weighted by Gasteiger charge is -2.34. The lowest BCUT2D eigenvalue weighted by molar-refractivity contribution is -0.152. The van der Waals surface area contributed by atoms with Crippen molar-refractivity contribution in [2.24, 2.45) is 10.8 Å². The highest BCUT2D eigenvalue weighted by Crippen LogP contribution is 2.49. The van der Waals surface area contributed by atoms with Crippen molar-refractivity contribution >= 4 is 30.1 Å². The van der Waals surface area contributed by atoms with Crippen LogP contribution in [0, 0.1) is 10.8 Å². The number of likely N-dealkylation sites (tertiary alicyclic amines) is 1. The third-order valence-corrected chi connectivity index (χ3v) is 8.50. The monoisotopic (exact) mass is 581 g/mol. The first kappa shape index (κ1) is 31.1. The number of fused-ring (bicyclic) bond motifs is 1. The lowest BCUT2D eigenvalue weighted by atomic mass is 9.85. The fourth-order valence-electron chi connectivity index (χ4n) is 5.72. The van der Waals surface area contributed by atoms with Crippen molar-refractivity contribution in [2.45, 2.75) is 84.2 Å². The molecular formula is C32H43N3O7. The van der Waals surface area contributed by atoms with Gasteiger partial charge in [-0.2, -0.15) is 0 Å². The number of carbonyl (C=O) groups excluding carboxylic acids is 4. The summed E-state index contributed by atoms with van der Waals surface area (Å²) in [6.45, 7) is 14.2. The van der Waals surface area contributed by atoms with Gasteiger partial charge < -0.3 is 24.4 Å². The Morgan fingerprint density at radius 2 is 1.90 bits per heavy atom. The van der Waals surface area contributed by atoms with E-state index in [1.807, 2.05) is 45.0 Å². The largest absolute Gasteiger partial charge is 0.467 e. The van der Waals surface area contributed by atoms with Gasteiger partial charge in [-0.1, -0.05) is 57.7 Å². The predicted molar refractivity (Wildman–Crippen MR) is 157 cm³/mol. The number of nitrogens with one attached hydrogen (secondary N) is 1. The molecule has 10 nitrogen and oxygen atoms in total. The van der Waals surface area contributed by atoms with Crippen LogP contribution in [0.3, 0.4) is 0 Å². The first-order valence-electron chi connectivity index (χ1n) is 14.5. The van der Waals surface area contributed by atoms with Gasteiger partial charge in [0.2, 0.25) is 5.91 Å². The summed E-state index contributed by atoms with van der Waals surface area (Å²) in [5.74, 6) is -1.08. The van der Waals surface area contributed by atoms with E-state index in [0.29, 0.717) is 13.1 Å². The molecule has 0 spiro atoms. The minimum absolute atomic E-state index is 0.00297. The molecule has 0 bridgehead atoms. The van der Waals surface area contributed by atoms with Crippen LogP contribution in [0.5, 0.6) is 0 Å². The van der Waals surface area contributed by atoms with Crippen LogP contribution >= 0.6 is 0 Å². The summed E-state index contributed by atoms with van der Waals surface area (Å²) in [5.41, 5.74) is 2.31. The molecule has 3 aliphatic rings. The highest BCUT2D eigenvalue weighted by Gasteiger charge is 2.48. The maximum absolute atomic E-state index is 13.9. The number of methoxy groups -OCH3 is 1. The van der Waals surface area contributed by atoms with E-state index in [1.54, 1.807) is 11.0 Å². The van der Waals surface area contributed by atoms with E-state index in [-0.39, 0.29) is 25.0 Å². The normalized spacial score (nSPS) is 21.1. The van der Waals surface area contributed by atoms with Crippen LogP contribution in [0.2, 0.25) is 0 Å². The molecule has 2 heterocycles. The van der Waals surface area contributed by atoms with Gasteiger partial charge in [0.05, 0.1) is 26.8 Å². The van der Waals surface area contributed by atoms with Crippen LogP contribution in [-0.4, -0.2) is 72.3 Å². The van der Waals surface area contributed by atoms with Gasteiger partial charge in [0, 0.05) is 18.4 Å². The topological polar surface area (TPSA) is 114 Å². The molecule has 3 atom stereocenters. The number of allylic oxidation sites excluding steroid dienone is 1. The Bertz CT molecular complexity index is 1230. The van der Waals surface area contributed by atoms with Crippen molar-refractivity contribution < 1.29 is 33.4 Å². The molecule has 3 amide bonds. The predicted octanol–water partition coefficient (Wildman–Crippen LogP) is 4.81. The van der Waals surface area contributed by atoms with Gasteiger partial charge in [0.25, 0.3) is 0 Å². The van der Waals surface area contributed by atoms with Crippen molar-refractivity contribution in [3.8, 4) is 0 Å². The van der Waals surface area contributed by atoms with Crippen molar-refractivity contribution in [3.63, 3.8) is 0 Å². The summed E-state index contributed by atoms with van der Waals surface area (Å²) in [7, 11) is 1.25. The third kappa shape index (κ3) is 6.97. The van der Waals surface area contributed by atoms with E-state index >= 15 is 0 Å². The number of esters is 1. The van der Waals surface area contributed by atoms with Gasteiger partial charge in [-0.05, 0) is 47.8 Å². The van der Waals surface area contributed by atoms with Gasteiger partial charge >= 0.3 is 18.2 Å². The maximum atomic E-state index is 13.9. The summed E-state index contributed by atoms with van der Waals surface area (Å²) < 4.78 is 16.3. The number of hydrogen-bond donors (Lipinski definition) is 1. The Morgan fingerprint density at radius 1 is 1.17 bits per heavy atom. The van der Waals surface area contributed by atoms with Crippen LogP contribution < -0.4 is 5.32 Å². The molecule has 2 fully saturated rings. The first-order chi connectivity index (χ1) is 19.9. The molecule has 1 saturated heterocycles. The fraction of sp³-hybridized carbons (Fsp3) is 0.562. The van der Waals surface area contributed by atoms with Crippen LogP contribution in [0.1, 0.15) is 69.6 Å². The standard InChI is InChI=1S/C32H43N3O7/c1-7-9-13-32(14-15-32)20-41-29(38)33-26(31(3,4)5)27(36)35-18-23(16-25(35)28(37)40-6)42-30(39)34-17-22-12-10-11-21(8-2)24(22)19-34/h7-8,10-12,23,25-26H,1-2,9,13-20H2,3-6H3,(H,33,38)/t23-,25+,26-/m1/s1. The zero-order chi connectivity index (χ0) is 30.7. The van der Waals surface area contributed by atoms with E-state index in [4.69, 9.17) is 14.2 Å². The average molecular weight is 582 g/mol. The molecule has 228 valence electrons. The van der Waals surface area contributed by atoms with E-state index in [0.717, 1.165) is 42.4 Å². The van der Waals surface area contributed by atoms with Gasteiger partial charge in [-0.15, -0.1) is 6.58 Å². The second kappa shape index (κ2) is 12.6. The number of nitrogens with zero attached hydrogens (tertiary/aromatic N) is 2. The Kier molecular flexibility index (Phi) is 9.33. The number of hydrogen-bond acceptors (Lipinski definition) is 7. The quantitative estimate of drug-likeness (QED) is 0.240. The molecule has 42 heavy (non-hydrogen) atoms. The van der Waals surface area contributed by atoms with Gasteiger partial charge in [-0.3, -0.25) is 9.69 Å². The fourth-order valence-corrected chi connectivity index (χ4v) is 5.72. The zero-order valence-electron chi connectivity index (χ0n) is 25.1. The third-order valence-electron chi connectivity index (χ3n) is 8.50. The number of amides is 3. The number of ether oxygens (including phenoxy) is 3. The molecule has 1 aliphatic carbocycles. The minimum atomic E-state index is -0.986. The SMILES string of the molecule is C=CCCC1(COC(=O)N[C@H](C(=O)N2C[C@H](OC(=O)N3Cc4cccc(C=C)c4C3)C[C@H]2C(=O)OC)C(C)(C)C)CC1. The Morgan fingerprint density at radius 3 is 2.52 bits per heavy atom. The molecule has 1 N–H and O–H groups in total. The molecule has 0 aromatic heterocycles. The summed E-state index contributed by atoms with van der Waals surface area (Å²) in [6, 6.07) is 3.90. The molecule has 0 unspecified atom stereocenters. The maximum Gasteiger partial charge on any atom is 0.410 e. The van der Waals surface area contributed by atoms with Crippen molar-refractivity contribution in [3.05, 3.63) is 54.1 Å². The highest BCUT2D eigenvalue weighted by molar-refractivity contribution is 5.91. The van der Waals surface area contributed by atoms with E-state index in [1.165, 1.54) is 12.0 Å². The minimum Gasteiger partial charge on any atom is -0.467 e. The second-order valence-electron chi connectivity index (χ2n) is 12.7. The molecule has 1 aromatic carbocycles. The number of carbonyl (C=O) groups is 4. The smallest absolute Gasteiger partial charge is 0.410 e. The number of benzene rings is 1. The highest BCUT2D eigenvalue weighted by atomic mass is 16.6.